The summed E-state index contributed by atoms with van der Waals surface area (Å²) in [6.07, 6.45) is 7.88. The van der Waals surface area contributed by atoms with Gasteiger partial charge in [0.05, 0.1) is 12.5 Å². The number of methoxy groups -OCH3 is 1. The van der Waals surface area contributed by atoms with Gasteiger partial charge in [-0.1, -0.05) is 6.42 Å². The molecule has 0 unspecified atom stereocenters. The first-order valence-corrected chi connectivity index (χ1v) is 7.38. The Kier molecular flexibility index (Phi) is 2.44. The molecule has 3 heterocycles. The largest absolute Gasteiger partial charge is 0.466 e. The van der Waals surface area contributed by atoms with E-state index in [0.29, 0.717) is 6.01 Å². The lowest BCUT2D eigenvalue weighted by Gasteiger charge is -1.98. The second-order valence-corrected chi connectivity index (χ2v) is 5.94. The predicted molar refractivity (Wildman–Crippen MR) is 74.0 cm³/mol. The van der Waals surface area contributed by atoms with Crippen LogP contribution in [-0.4, -0.2) is 26.7 Å². The molecule has 0 bridgehead atoms. The Morgan fingerprint density at radius 1 is 1.26 bits per heavy atom. The van der Waals surface area contributed by atoms with Crippen LogP contribution in [0.3, 0.4) is 0 Å². The lowest BCUT2D eigenvalue weighted by atomic mass is 10.1. The molecular formula is C13H14N4OS. The second-order valence-electron chi connectivity index (χ2n) is 4.86. The monoisotopic (exact) mass is 274 g/mol. The number of aryl methyl sites for hydroxylation is 2. The zero-order chi connectivity index (χ0) is 12.8. The average molecular weight is 274 g/mol. The Morgan fingerprint density at radius 3 is 3.05 bits per heavy atom. The molecular weight excluding hydrogens is 260 g/mol. The highest BCUT2D eigenvalue weighted by atomic mass is 32.1. The van der Waals surface area contributed by atoms with Crippen molar-refractivity contribution in [1.82, 2.24) is 19.6 Å². The van der Waals surface area contributed by atoms with Crippen LogP contribution in [0.15, 0.2) is 6.33 Å². The fraction of sp³-hybridized carbons (Fsp3) is 0.462. The molecule has 0 radical (unpaired) electrons. The topological polar surface area (TPSA) is 52.3 Å². The van der Waals surface area contributed by atoms with E-state index in [9.17, 15) is 0 Å². The Bertz CT molecular complexity index is 761. The molecule has 6 heteroatoms. The Morgan fingerprint density at radius 2 is 2.16 bits per heavy atom. The maximum Gasteiger partial charge on any atom is 0.336 e. The fourth-order valence-electron chi connectivity index (χ4n) is 2.80. The van der Waals surface area contributed by atoms with Gasteiger partial charge in [-0.2, -0.15) is 9.50 Å². The number of ether oxygens (including phenoxy) is 1. The number of hydrogen-bond donors (Lipinski definition) is 0. The summed E-state index contributed by atoms with van der Waals surface area (Å²) in [5, 5.41) is 5.44. The summed E-state index contributed by atoms with van der Waals surface area (Å²) < 4.78 is 6.85. The number of aromatic nitrogens is 4. The molecule has 0 atom stereocenters. The maximum atomic E-state index is 5.13. The van der Waals surface area contributed by atoms with Crippen molar-refractivity contribution in [1.29, 1.82) is 0 Å². The standard InChI is InChI=1S/C13H14N4OS/c1-18-13-15-11-10-8-5-3-2-4-6-9(8)19-12(10)14-7-17(11)16-13/h7H,2-6H2,1H3. The lowest BCUT2D eigenvalue weighted by molar-refractivity contribution is 0.380. The molecule has 98 valence electrons. The fourth-order valence-corrected chi connectivity index (χ4v) is 4.02. The summed E-state index contributed by atoms with van der Waals surface area (Å²) in [4.78, 5) is 11.5. The first-order valence-electron chi connectivity index (χ1n) is 6.56. The van der Waals surface area contributed by atoms with Gasteiger partial charge in [0.15, 0.2) is 5.65 Å². The SMILES string of the molecule is COc1nc2c3c4c(sc3ncn2n1)CCCCC4. The van der Waals surface area contributed by atoms with E-state index < -0.39 is 0 Å². The van der Waals surface area contributed by atoms with E-state index in [1.165, 1.54) is 41.5 Å². The molecule has 3 aromatic heterocycles. The smallest absolute Gasteiger partial charge is 0.336 e. The minimum Gasteiger partial charge on any atom is -0.466 e. The number of nitrogens with zero attached hydrogens (tertiary/aromatic N) is 4. The van der Waals surface area contributed by atoms with E-state index in [-0.39, 0.29) is 0 Å². The Balaban J connectivity index is 2.07. The molecule has 0 saturated carbocycles. The molecule has 0 amide bonds. The molecule has 0 aromatic carbocycles. The number of hydrogen-bond acceptors (Lipinski definition) is 5. The van der Waals surface area contributed by atoms with Crippen LogP contribution in [0.1, 0.15) is 29.7 Å². The van der Waals surface area contributed by atoms with Crippen LogP contribution in [0.5, 0.6) is 6.01 Å². The highest BCUT2D eigenvalue weighted by Crippen LogP contribution is 2.36. The van der Waals surface area contributed by atoms with E-state index in [4.69, 9.17) is 4.74 Å². The molecule has 0 spiro atoms. The van der Waals surface area contributed by atoms with Crippen LogP contribution in [0.25, 0.3) is 15.9 Å². The van der Waals surface area contributed by atoms with Gasteiger partial charge in [-0.15, -0.1) is 16.4 Å². The van der Waals surface area contributed by atoms with Crippen molar-refractivity contribution in [3.8, 4) is 6.01 Å². The second kappa shape index (κ2) is 4.16. The quantitative estimate of drug-likeness (QED) is 0.640. The van der Waals surface area contributed by atoms with Crippen molar-refractivity contribution in [2.24, 2.45) is 0 Å². The van der Waals surface area contributed by atoms with E-state index in [2.05, 4.69) is 15.1 Å². The van der Waals surface area contributed by atoms with E-state index in [0.717, 1.165) is 16.9 Å². The molecule has 4 rings (SSSR count). The van der Waals surface area contributed by atoms with Crippen LogP contribution < -0.4 is 4.74 Å². The van der Waals surface area contributed by atoms with Crippen LogP contribution in [0.4, 0.5) is 0 Å². The number of fused-ring (bicyclic) bond motifs is 5. The van der Waals surface area contributed by atoms with Gasteiger partial charge in [0.1, 0.15) is 11.2 Å². The molecule has 1 aliphatic rings. The lowest BCUT2D eigenvalue weighted by Crippen LogP contribution is -1.92. The van der Waals surface area contributed by atoms with Crippen LogP contribution in [-0.2, 0) is 12.8 Å². The maximum absolute atomic E-state index is 5.13. The normalized spacial score (nSPS) is 15.6. The molecule has 3 aromatic rings. The Hall–Kier alpha value is -1.69. The van der Waals surface area contributed by atoms with Crippen molar-refractivity contribution >= 4 is 27.2 Å². The van der Waals surface area contributed by atoms with Crippen LogP contribution in [0.2, 0.25) is 0 Å². The van der Waals surface area contributed by atoms with Gasteiger partial charge in [-0.3, -0.25) is 0 Å². The zero-order valence-corrected chi connectivity index (χ0v) is 11.5. The van der Waals surface area contributed by atoms with E-state index >= 15 is 0 Å². The van der Waals surface area contributed by atoms with Crippen molar-refractivity contribution in [2.45, 2.75) is 32.1 Å². The van der Waals surface area contributed by atoms with Crippen molar-refractivity contribution in [3.05, 3.63) is 16.8 Å². The third-order valence-electron chi connectivity index (χ3n) is 3.71. The van der Waals surface area contributed by atoms with Gasteiger partial charge in [0.2, 0.25) is 0 Å². The highest BCUT2D eigenvalue weighted by molar-refractivity contribution is 7.19. The number of rotatable bonds is 1. The molecule has 0 fully saturated rings. The van der Waals surface area contributed by atoms with Crippen LogP contribution in [0, 0.1) is 0 Å². The summed E-state index contributed by atoms with van der Waals surface area (Å²) in [5.41, 5.74) is 2.31. The summed E-state index contributed by atoms with van der Waals surface area (Å²) in [6, 6.07) is 0.405. The van der Waals surface area contributed by atoms with Crippen molar-refractivity contribution in [2.75, 3.05) is 7.11 Å². The Labute approximate surface area is 114 Å². The molecule has 5 nitrogen and oxygen atoms in total. The van der Waals surface area contributed by atoms with E-state index in [1.54, 1.807) is 18.0 Å². The van der Waals surface area contributed by atoms with Crippen molar-refractivity contribution < 1.29 is 4.74 Å². The van der Waals surface area contributed by atoms with Gasteiger partial charge >= 0.3 is 6.01 Å². The van der Waals surface area contributed by atoms with Gasteiger partial charge in [0.25, 0.3) is 0 Å². The van der Waals surface area contributed by atoms with Crippen molar-refractivity contribution in [3.63, 3.8) is 0 Å². The molecule has 0 saturated heterocycles. The molecule has 0 aliphatic heterocycles. The highest BCUT2D eigenvalue weighted by Gasteiger charge is 2.19. The van der Waals surface area contributed by atoms with E-state index in [1.807, 2.05) is 11.3 Å². The summed E-state index contributed by atoms with van der Waals surface area (Å²) >= 11 is 1.81. The molecule has 19 heavy (non-hydrogen) atoms. The van der Waals surface area contributed by atoms with Gasteiger partial charge < -0.3 is 4.74 Å². The van der Waals surface area contributed by atoms with Gasteiger partial charge in [-0.05, 0) is 31.2 Å². The predicted octanol–water partition coefficient (Wildman–Crippen LogP) is 2.62. The minimum absolute atomic E-state index is 0.405. The average Bonchev–Trinajstić information content (AvgIpc) is 2.92. The zero-order valence-electron chi connectivity index (χ0n) is 10.7. The summed E-state index contributed by atoms with van der Waals surface area (Å²) in [6.45, 7) is 0. The number of thiophene rings is 1. The third-order valence-corrected chi connectivity index (χ3v) is 4.90. The first kappa shape index (κ1) is 11.2. The molecule has 1 aliphatic carbocycles. The molecule has 0 N–H and O–H groups in total. The van der Waals surface area contributed by atoms with Crippen LogP contribution >= 0.6 is 11.3 Å². The first-order chi connectivity index (χ1) is 9.36. The van der Waals surface area contributed by atoms with Gasteiger partial charge in [0, 0.05) is 4.88 Å². The third kappa shape index (κ3) is 1.63. The van der Waals surface area contributed by atoms with Gasteiger partial charge in [-0.25, -0.2) is 4.98 Å². The summed E-state index contributed by atoms with van der Waals surface area (Å²) in [5.74, 6) is 0. The summed E-state index contributed by atoms with van der Waals surface area (Å²) in [7, 11) is 1.59. The minimum atomic E-state index is 0.405.